The van der Waals surface area contributed by atoms with E-state index in [4.69, 9.17) is 9.72 Å². The molecule has 12 nitrogen and oxygen atoms in total. The number of alkyl carbamates (subject to hydrolysis) is 1. The molecule has 4 N–H and O–H groups in total. The first-order chi connectivity index (χ1) is 26.1. The number of nitrogens with zero attached hydrogens (tertiary/aromatic N) is 3. The zero-order valence-corrected chi connectivity index (χ0v) is 49.9. The molecule has 2 aromatic carbocycles. The number of aldehydes is 1. The van der Waals surface area contributed by atoms with Gasteiger partial charge in [0, 0.05) is 22.7 Å². The number of aromatic nitrogens is 4. The molecule has 0 saturated heterocycles. The van der Waals surface area contributed by atoms with Crippen molar-refractivity contribution in [2.75, 3.05) is 27.2 Å². The molecule has 2 amide bonds. The van der Waals surface area contributed by atoms with Crippen LogP contribution >= 0.6 is 0 Å². The minimum absolute atomic E-state index is 0. The molecule has 14 heteroatoms. The van der Waals surface area contributed by atoms with E-state index in [0.717, 1.165) is 65.0 Å². The minimum Gasteiger partial charge on any atom is -0.453 e. The Bertz CT molecular complexity index is 2060. The van der Waals surface area contributed by atoms with Crippen molar-refractivity contribution in [1.82, 2.24) is 30.6 Å². The number of hydrogen-bond acceptors (Lipinski definition) is 8. The molecule has 308 valence electrons. The van der Waals surface area contributed by atoms with Crippen LogP contribution in [0, 0.1) is 49.9 Å². The summed E-state index contributed by atoms with van der Waals surface area (Å²) in [5.41, 5.74) is 5.56. The van der Waals surface area contributed by atoms with Gasteiger partial charge >= 0.3 is 150 Å². The quantitative estimate of drug-likeness (QED) is 0.0553. The van der Waals surface area contributed by atoms with E-state index in [1.807, 2.05) is 78.2 Å². The Hall–Kier alpha value is -1.31. The van der Waals surface area contributed by atoms with Gasteiger partial charge in [0.15, 0.2) is 12.4 Å². The van der Waals surface area contributed by atoms with Crippen LogP contribution in [0.1, 0.15) is 96.4 Å². The number of methoxy groups -OCH3 is 1. The predicted molar refractivity (Wildman–Crippen MR) is 227 cm³/mol. The fourth-order valence-corrected chi connectivity index (χ4v) is 5.92. The maximum absolute atomic E-state index is 12.9. The van der Waals surface area contributed by atoms with E-state index < -0.39 is 17.7 Å². The Morgan fingerprint density at radius 1 is 1.02 bits per heavy atom. The van der Waals surface area contributed by atoms with Gasteiger partial charge in [-0.3, -0.25) is 4.98 Å². The first-order valence-corrected chi connectivity index (χ1v) is 18.9. The van der Waals surface area contributed by atoms with Crippen molar-refractivity contribution in [2.24, 2.45) is 16.7 Å². The maximum Gasteiger partial charge on any atom is 1.00 e. The van der Waals surface area contributed by atoms with Gasteiger partial charge < -0.3 is 56.1 Å². The number of imidazole rings is 2. The number of carbonyl (C=O) groups is 3. The molecule has 1 atom stereocenters. The second kappa shape index (κ2) is 25.1. The predicted octanol–water partition coefficient (Wildman–Crippen LogP) is 1.94. The summed E-state index contributed by atoms with van der Waals surface area (Å²) in [6.45, 7) is 13.2. The number of benzene rings is 2. The zero-order valence-electron chi connectivity index (χ0n) is 37.3. The Balaban J connectivity index is 0.00000103. The molecule has 2 aromatic heterocycles. The number of nitrogens with one attached hydrogen (secondary N) is 4. The molecule has 0 spiro atoms. The van der Waals surface area contributed by atoms with Gasteiger partial charge in [-0.25, -0.2) is 9.78 Å². The fourth-order valence-electron chi connectivity index (χ4n) is 5.92. The van der Waals surface area contributed by atoms with Crippen LogP contribution in [0.4, 0.5) is 9.59 Å². The first-order valence-electron chi connectivity index (χ1n) is 18.9. The molecular formula is C45H61Cs2N7O5. The van der Waals surface area contributed by atoms with Crippen LogP contribution in [0.5, 0.6) is 0 Å². The van der Waals surface area contributed by atoms with Crippen molar-refractivity contribution in [3.05, 3.63) is 92.7 Å². The van der Waals surface area contributed by atoms with Crippen LogP contribution in [0.15, 0.2) is 48.7 Å². The van der Waals surface area contributed by atoms with Crippen LogP contribution < -0.4 is 148 Å². The van der Waals surface area contributed by atoms with Gasteiger partial charge in [-0.2, -0.15) is 11.2 Å². The Morgan fingerprint density at radius 3 is 2.22 bits per heavy atom. The normalized spacial score (nSPS) is 14.8. The summed E-state index contributed by atoms with van der Waals surface area (Å²) < 4.78 is 11.6. The van der Waals surface area contributed by atoms with E-state index in [1.54, 1.807) is 10.8 Å². The summed E-state index contributed by atoms with van der Waals surface area (Å²) in [5.74, 6) is 8.18. The van der Waals surface area contributed by atoms with Gasteiger partial charge in [0.2, 0.25) is 6.21 Å². The first kappa shape index (κ1) is 55.7. The molecule has 1 unspecified atom stereocenters. The third-order valence-corrected chi connectivity index (χ3v) is 9.78. The van der Waals surface area contributed by atoms with Crippen molar-refractivity contribution in [3.63, 3.8) is 0 Å². The summed E-state index contributed by atoms with van der Waals surface area (Å²) in [4.78, 5) is 49.9. The van der Waals surface area contributed by atoms with Crippen LogP contribution in [0.2, 0.25) is 0 Å². The molecule has 2 saturated carbocycles. The number of aromatic amines is 2. The van der Waals surface area contributed by atoms with Crippen LogP contribution in [-0.4, -0.2) is 88.1 Å². The topological polar surface area (TPSA) is 154 Å². The Morgan fingerprint density at radius 2 is 1.66 bits per heavy atom. The SMILES string of the molecule is CNCC1(C[CH-]c2ncc(-c3ccc(C#Cc4ccc5nc(/C=[N+](/CC6(C)CC6)C(=O)OC(C)(C)C)[nH]c5c4)cc3)[nH]2)CC1.COC(=O)NC(C=O)C(C)C.[CH3-].[CH3-].[Cs+].[Cs+]. The molecule has 0 bridgehead atoms. The van der Waals surface area contributed by atoms with E-state index in [2.05, 4.69) is 67.6 Å². The second-order valence-electron chi connectivity index (χ2n) is 16.4. The average Bonchev–Trinajstić information content (AvgIpc) is 3.96. The van der Waals surface area contributed by atoms with Crippen LogP contribution in [-0.2, 0) is 14.3 Å². The van der Waals surface area contributed by atoms with Crippen molar-refractivity contribution in [3.8, 4) is 23.1 Å². The van der Waals surface area contributed by atoms with Gasteiger partial charge in [-0.05, 0) is 113 Å². The van der Waals surface area contributed by atoms with Crippen molar-refractivity contribution >= 4 is 35.7 Å². The molecule has 0 radical (unpaired) electrons. The third kappa shape index (κ3) is 17.8. The molecular weight excluding hydrogens is 984 g/mol. The van der Waals surface area contributed by atoms with Gasteiger partial charge in [0.25, 0.3) is 0 Å². The molecule has 2 fully saturated rings. The zero-order chi connectivity index (χ0) is 39.8. The number of carbonyl (C=O) groups excluding carboxylic acids is 3. The van der Waals surface area contributed by atoms with Gasteiger partial charge in [0.05, 0.1) is 29.9 Å². The van der Waals surface area contributed by atoms with Gasteiger partial charge in [-0.15, -0.1) is 4.58 Å². The average molecular weight is 1050 g/mol. The molecule has 6 rings (SSSR count). The van der Waals surface area contributed by atoms with Gasteiger partial charge in [0.1, 0.15) is 11.9 Å². The summed E-state index contributed by atoms with van der Waals surface area (Å²) in [6, 6.07) is 13.7. The van der Waals surface area contributed by atoms with E-state index in [9.17, 15) is 14.4 Å². The second-order valence-corrected chi connectivity index (χ2v) is 16.4. The van der Waals surface area contributed by atoms with Crippen LogP contribution in [0.25, 0.3) is 22.3 Å². The van der Waals surface area contributed by atoms with Crippen LogP contribution in [0.3, 0.4) is 0 Å². The Kier molecular flexibility index (Phi) is 23.7. The maximum atomic E-state index is 12.9. The number of amides is 2. The molecule has 59 heavy (non-hydrogen) atoms. The molecule has 2 aliphatic carbocycles. The number of ether oxygens (including phenoxy) is 2. The summed E-state index contributed by atoms with van der Waals surface area (Å²) in [5, 5.41) is 5.70. The number of rotatable bonds is 12. The third-order valence-electron chi connectivity index (χ3n) is 9.78. The largest absolute Gasteiger partial charge is 1.00 e. The molecule has 0 aliphatic heterocycles. The van der Waals surface area contributed by atoms with Crippen molar-refractivity contribution < 1.29 is 166 Å². The summed E-state index contributed by atoms with van der Waals surface area (Å²) in [6.07, 6.45) is 11.5. The van der Waals surface area contributed by atoms with Gasteiger partial charge in [-0.1, -0.05) is 44.7 Å². The minimum atomic E-state index is -0.573. The molecule has 4 aromatic rings. The molecule has 2 heterocycles. The smallest absolute Gasteiger partial charge is 0.453 e. The standard InChI is InChI=1S/C36H41N6O2.C7H13NO3.2CH3.2Cs/c1-34(2,3)44-33(43)42(24-35(4)16-17-35)22-32-39-28-13-10-26(20-29(28)40-32)7-6-25-8-11-27(12-9-25)30-21-38-31(41-30)14-15-36(18-19-36)23-37-5;1-5(2)6(4-9)8-7(10)11-3;;;;/h8-14,20-22,37H,15-19,23-24H2,1-5H3,(H,38,40,41);4-6H,1-3H3,(H,8,10);2*1H3;;/q-1;;2*-1;2*+1/p+1. The van der Waals surface area contributed by atoms with E-state index in [1.165, 1.54) is 20.0 Å². The number of hydrogen-bond donors (Lipinski definition) is 4. The van der Waals surface area contributed by atoms with E-state index >= 15 is 0 Å². The number of fused-ring (bicyclic) bond motifs is 1. The summed E-state index contributed by atoms with van der Waals surface area (Å²) >= 11 is 0. The Labute approximate surface area is 469 Å². The monoisotopic (exact) mass is 1050 g/mol. The number of H-pyrrole nitrogens is 2. The van der Waals surface area contributed by atoms with Crippen molar-refractivity contribution in [2.45, 2.75) is 85.3 Å². The van der Waals surface area contributed by atoms with Crippen molar-refractivity contribution in [1.29, 1.82) is 0 Å². The fraction of sp³-hybridized carbons (Fsp3) is 0.444. The van der Waals surface area contributed by atoms with E-state index in [-0.39, 0.29) is 170 Å². The molecule has 2 aliphatic rings. The van der Waals surface area contributed by atoms with E-state index in [0.29, 0.717) is 24.1 Å². The summed E-state index contributed by atoms with van der Waals surface area (Å²) in [7, 11) is 3.28.